The molecule has 1 atom stereocenters. The number of carbonyl (C=O) groups excluding carboxylic acids is 3. The van der Waals surface area contributed by atoms with Crippen molar-refractivity contribution in [2.75, 3.05) is 10.6 Å². The first-order chi connectivity index (χ1) is 20.8. The van der Waals surface area contributed by atoms with Crippen molar-refractivity contribution in [1.29, 1.82) is 0 Å². The molecule has 0 bridgehead atoms. The van der Waals surface area contributed by atoms with Gasteiger partial charge in [-0.25, -0.2) is 0 Å². The number of hydrogen-bond acceptors (Lipinski definition) is 6. The van der Waals surface area contributed by atoms with Crippen molar-refractivity contribution in [3.05, 3.63) is 130 Å². The summed E-state index contributed by atoms with van der Waals surface area (Å²) in [5.74, 6) is -1.05. The van der Waals surface area contributed by atoms with Crippen molar-refractivity contribution in [2.45, 2.75) is 25.9 Å². The van der Waals surface area contributed by atoms with Gasteiger partial charge >= 0.3 is 0 Å². The lowest BCUT2D eigenvalue weighted by Crippen LogP contribution is -2.45. The first kappa shape index (κ1) is 28.8. The summed E-state index contributed by atoms with van der Waals surface area (Å²) in [6, 6.07) is 29.3. The Morgan fingerprint density at radius 1 is 0.814 bits per heavy atom. The summed E-state index contributed by atoms with van der Waals surface area (Å²) < 4.78 is 6.13. The van der Waals surface area contributed by atoms with Crippen LogP contribution in [0.2, 0.25) is 0 Å². The summed E-state index contributed by atoms with van der Waals surface area (Å²) in [5.41, 5.74) is 9.46. The van der Waals surface area contributed by atoms with Crippen molar-refractivity contribution in [3.63, 3.8) is 0 Å². The van der Waals surface area contributed by atoms with Crippen LogP contribution in [0, 0.1) is 0 Å². The highest BCUT2D eigenvalue weighted by atomic mass is 16.3. The van der Waals surface area contributed by atoms with E-state index in [1.165, 1.54) is 13.0 Å². The lowest BCUT2D eigenvalue weighted by molar-refractivity contribution is -0.119. The third kappa shape index (κ3) is 7.15. The molecule has 4 aromatic carbocycles. The number of rotatable bonds is 10. The highest BCUT2D eigenvalue weighted by Gasteiger charge is 2.20. The Bertz CT molecular complexity index is 1840. The monoisotopic (exact) mass is 574 g/mol. The maximum atomic E-state index is 13.1. The lowest BCUT2D eigenvalue weighted by atomic mass is 10.0. The Labute approximate surface area is 247 Å². The third-order valence-electron chi connectivity index (χ3n) is 6.87. The number of amides is 3. The van der Waals surface area contributed by atoms with E-state index in [4.69, 9.17) is 10.2 Å². The van der Waals surface area contributed by atoms with Gasteiger partial charge in [-0.1, -0.05) is 72.8 Å². The van der Waals surface area contributed by atoms with Crippen LogP contribution in [0.25, 0.3) is 22.3 Å². The smallest absolute Gasteiger partial charge is 0.251 e. The van der Waals surface area contributed by atoms with E-state index in [0.717, 1.165) is 11.1 Å². The standard InChI is InChI=1S/C34H30N4O5/c1-21(39)37-28-17-26-30(40)19-31(43-32(26)18-27(28)36-20-23-10-6-3-7-11-23)24-12-14-25(15-13-24)34(42)38-29(33(35)41)16-22-8-4-2-5-9-22/h2-15,17-19,29,36H,16,20H2,1H3,(H2,35,41)(H,37,39)(H,38,42)/t29-/m0/s1. The third-order valence-corrected chi connectivity index (χ3v) is 6.87. The first-order valence-electron chi connectivity index (χ1n) is 13.7. The van der Waals surface area contributed by atoms with E-state index in [-0.39, 0.29) is 17.8 Å². The predicted molar refractivity (Wildman–Crippen MR) is 167 cm³/mol. The van der Waals surface area contributed by atoms with Gasteiger partial charge < -0.3 is 26.1 Å². The summed E-state index contributed by atoms with van der Waals surface area (Å²) in [5, 5.41) is 9.10. The molecule has 9 heteroatoms. The van der Waals surface area contributed by atoms with Gasteiger partial charge in [-0.05, 0) is 29.3 Å². The van der Waals surface area contributed by atoms with Crippen LogP contribution in [0.4, 0.5) is 11.4 Å². The van der Waals surface area contributed by atoms with Gasteiger partial charge in [-0.3, -0.25) is 19.2 Å². The van der Waals surface area contributed by atoms with Crippen LogP contribution in [0.15, 0.2) is 112 Å². The van der Waals surface area contributed by atoms with Gasteiger partial charge in [0.25, 0.3) is 5.91 Å². The van der Waals surface area contributed by atoms with Crippen LogP contribution in [-0.2, 0) is 22.6 Å². The summed E-state index contributed by atoms with van der Waals surface area (Å²) in [6.07, 6.45) is 0.272. The molecule has 5 N–H and O–H groups in total. The number of fused-ring (bicyclic) bond motifs is 1. The van der Waals surface area contributed by atoms with Crippen LogP contribution < -0.4 is 27.1 Å². The fraction of sp³-hybridized carbons (Fsp3) is 0.118. The van der Waals surface area contributed by atoms with Gasteiger partial charge in [-0.15, -0.1) is 0 Å². The van der Waals surface area contributed by atoms with Crippen molar-refractivity contribution in [3.8, 4) is 11.3 Å². The normalized spacial score (nSPS) is 11.5. The molecule has 0 unspecified atom stereocenters. The summed E-state index contributed by atoms with van der Waals surface area (Å²) in [7, 11) is 0. The second-order valence-electron chi connectivity index (χ2n) is 10.1. The molecule has 0 fully saturated rings. The second kappa shape index (κ2) is 12.9. The van der Waals surface area contributed by atoms with E-state index in [0.29, 0.717) is 45.8 Å². The van der Waals surface area contributed by atoms with E-state index < -0.39 is 17.9 Å². The molecule has 0 saturated carbocycles. The zero-order chi connectivity index (χ0) is 30.3. The van der Waals surface area contributed by atoms with Gasteiger partial charge in [0, 0.05) is 43.1 Å². The molecule has 43 heavy (non-hydrogen) atoms. The highest BCUT2D eigenvalue weighted by molar-refractivity contribution is 5.99. The van der Waals surface area contributed by atoms with Crippen molar-refractivity contribution in [2.24, 2.45) is 5.73 Å². The topological polar surface area (TPSA) is 144 Å². The number of benzene rings is 4. The highest BCUT2D eigenvalue weighted by Crippen LogP contribution is 2.30. The van der Waals surface area contributed by atoms with E-state index in [2.05, 4.69) is 16.0 Å². The fourth-order valence-electron chi connectivity index (χ4n) is 4.68. The molecule has 1 aromatic heterocycles. The molecule has 5 aromatic rings. The number of hydrogen-bond donors (Lipinski definition) is 4. The average Bonchev–Trinajstić information content (AvgIpc) is 3.00. The number of nitrogens with one attached hydrogen (secondary N) is 3. The zero-order valence-corrected chi connectivity index (χ0v) is 23.4. The van der Waals surface area contributed by atoms with Crippen LogP contribution >= 0.6 is 0 Å². The Balaban J connectivity index is 1.39. The lowest BCUT2D eigenvalue weighted by Gasteiger charge is -2.16. The van der Waals surface area contributed by atoms with Gasteiger partial charge in [0.1, 0.15) is 17.4 Å². The molecule has 5 rings (SSSR count). The summed E-state index contributed by atoms with van der Waals surface area (Å²) in [4.78, 5) is 49.9. The number of primary amides is 1. The minimum Gasteiger partial charge on any atom is -0.456 e. The van der Waals surface area contributed by atoms with Crippen LogP contribution in [0.3, 0.4) is 0 Å². The van der Waals surface area contributed by atoms with Crippen LogP contribution in [-0.4, -0.2) is 23.8 Å². The van der Waals surface area contributed by atoms with E-state index >= 15 is 0 Å². The quantitative estimate of drug-likeness (QED) is 0.188. The summed E-state index contributed by atoms with van der Waals surface area (Å²) in [6.45, 7) is 1.90. The Morgan fingerprint density at radius 3 is 2.09 bits per heavy atom. The zero-order valence-electron chi connectivity index (χ0n) is 23.4. The number of anilines is 2. The summed E-state index contributed by atoms with van der Waals surface area (Å²) >= 11 is 0. The van der Waals surface area contributed by atoms with Crippen molar-refractivity contribution < 1.29 is 18.8 Å². The Hall–Kier alpha value is -5.70. The average molecular weight is 575 g/mol. The van der Waals surface area contributed by atoms with Crippen LogP contribution in [0.1, 0.15) is 28.4 Å². The molecule has 9 nitrogen and oxygen atoms in total. The molecule has 0 aliphatic rings. The first-order valence-corrected chi connectivity index (χ1v) is 13.7. The Kier molecular flexibility index (Phi) is 8.62. The molecule has 216 valence electrons. The maximum Gasteiger partial charge on any atom is 0.251 e. The van der Waals surface area contributed by atoms with Gasteiger partial charge in [0.15, 0.2) is 5.43 Å². The molecule has 0 saturated heterocycles. The molecule has 0 aliphatic heterocycles. The molecular formula is C34H30N4O5. The Morgan fingerprint density at radius 2 is 1.47 bits per heavy atom. The molecule has 0 aliphatic carbocycles. The van der Waals surface area contributed by atoms with Crippen LogP contribution in [0.5, 0.6) is 0 Å². The molecule has 1 heterocycles. The molecular weight excluding hydrogens is 544 g/mol. The van der Waals surface area contributed by atoms with E-state index in [1.54, 1.807) is 36.4 Å². The van der Waals surface area contributed by atoms with Gasteiger partial charge in [0.05, 0.1) is 16.8 Å². The molecule has 0 radical (unpaired) electrons. The molecule has 3 amide bonds. The van der Waals surface area contributed by atoms with Crippen molar-refractivity contribution >= 4 is 40.1 Å². The SMILES string of the molecule is CC(=O)Nc1cc2c(=O)cc(-c3ccc(C(=O)N[C@@H](Cc4ccccc4)C(N)=O)cc3)oc2cc1NCc1ccccc1. The van der Waals surface area contributed by atoms with Gasteiger partial charge in [-0.2, -0.15) is 0 Å². The number of nitrogens with two attached hydrogens (primary N) is 1. The largest absolute Gasteiger partial charge is 0.456 e. The minimum atomic E-state index is -0.875. The fourth-order valence-corrected chi connectivity index (χ4v) is 4.68. The minimum absolute atomic E-state index is 0.269. The predicted octanol–water partition coefficient (Wildman–Crippen LogP) is 4.86. The number of carbonyl (C=O) groups is 3. The maximum absolute atomic E-state index is 13.1. The van der Waals surface area contributed by atoms with E-state index in [1.807, 2.05) is 60.7 Å². The molecule has 0 spiro atoms. The van der Waals surface area contributed by atoms with Gasteiger partial charge in [0.2, 0.25) is 11.8 Å². The van der Waals surface area contributed by atoms with Crippen molar-refractivity contribution in [1.82, 2.24) is 5.32 Å². The second-order valence-corrected chi connectivity index (χ2v) is 10.1. The van der Waals surface area contributed by atoms with E-state index in [9.17, 15) is 19.2 Å².